The molecule has 0 fully saturated rings. The second-order valence-corrected chi connectivity index (χ2v) is 19.3. The molecule has 0 radical (unpaired) electrons. The standard InChI is InChI=1S/C72H48N2O/c1-3-13-57(14-4-1)73(58-15-5-2-6-16-58)59-37-29-51(30-38-59)52-31-41-61(42-32-52)74(62-43-33-54(34-44-62)55-35-45-67-65-19-8-7-17-63(65)64-18-9-10-20-66(64)69(67)47-55)60-39-27-50(28-40-60)49-23-25-53(26-24-49)56-36-46-72-70(48-56)68-21-11-12-22-71(68)75-72/h1-48H. The number of anilines is 6. The highest BCUT2D eigenvalue weighted by Gasteiger charge is 2.17. The van der Waals surface area contributed by atoms with Gasteiger partial charge in [0.15, 0.2) is 0 Å². The molecule has 1 aromatic heterocycles. The first kappa shape index (κ1) is 43.8. The van der Waals surface area contributed by atoms with E-state index in [1.165, 1.54) is 60.1 Å². The Morgan fingerprint density at radius 3 is 0.867 bits per heavy atom. The van der Waals surface area contributed by atoms with E-state index in [0.29, 0.717) is 0 Å². The Morgan fingerprint density at radius 1 is 0.173 bits per heavy atom. The normalized spacial score (nSPS) is 11.5. The van der Waals surface area contributed by atoms with Crippen LogP contribution in [-0.4, -0.2) is 0 Å². The Labute approximate surface area is 436 Å². The molecular formula is C72H48N2O. The van der Waals surface area contributed by atoms with Gasteiger partial charge in [-0.25, -0.2) is 0 Å². The largest absolute Gasteiger partial charge is 0.456 e. The molecule has 352 valence electrons. The molecule has 0 bridgehead atoms. The smallest absolute Gasteiger partial charge is 0.135 e. The molecule has 0 N–H and O–H groups in total. The van der Waals surface area contributed by atoms with Gasteiger partial charge in [0.2, 0.25) is 0 Å². The van der Waals surface area contributed by atoms with Gasteiger partial charge in [0, 0.05) is 44.9 Å². The van der Waals surface area contributed by atoms with E-state index >= 15 is 0 Å². The maximum Gasteiger partial charge on any atom is 0.135 e. The summed E-state index contributed by atoms with van der Waals surface area (Å²) < 4.78 is 6.11. The average molecular weight is 957 g/mol. The third-order valence-electron chi connectivity index (χ3n) is 14.9. The van der Waals surface area contributed by atoms with Crippen LogP contribution in [0.3, 0.4) is 0 Å². The van der Waals surface area contributed by atoms with Gasteiger partial charge in [-0.1, -0.05) is 194 Å². The lowest BCUT2D eigenvalue weighted by atomic mass is 9.92. The Kier molecular flexibility index (Phi) is 10.8. The van der Waals surface area contributed by atoms with E-state index in [1.54, 1.807) is 0 Å². The average Bonchev–Trinajstić information content (AvgIpc) is 3.87. The van der Waals surface area contributed by atoms with E-state index in [9.17, 15) is 0 Å². The minimum atomic E-state index is 0.908. The molecule has 0 atom stereocenters. The molecule has 14 rings (SSSR count). The van der Waals surface area contributed by atoms with Crippen molar-refractivity contribution in [2.75, 3.05) is 9.80 Å². The zero-order chi connectivity index (χ0) is 49.7. The van der Waals surface area contributed by atoms with Gasteiger partial charge in [-0.15, -0.1) is 0 Å². The van der Waals surface area contributed by atoms with E-state index in [4.69, 9.17) is 4.42 Å². The number of hydrogen-bond acceptors (Lipinski definition) is 3. The van der Waals surface area contributed by atoms with Gasteiger partial charge in [-0.2, -0.15) is 0 Å². The Hall–Kier alpha value is -9.96. The van der Waals surface area contributed by atoms with Crippen LogP contribution in [0.4, 0.5) is 34.1 Å². The fourth-order valence-electron chi connectivity index (χ4n) is 11.1. The number of hydrogen-bond donors (Lipinski definition) is 0. The molecule has 3 heteroatoms. The number of fused-ring (bicyclic) bond motifs is 9. The quantitative estimate of drug-likeness (QED) is 0.127. The summed E-state index contributed by atoms with van der Waals surface area (Å²) in [7, 11) is 0. The topological polar surface area (TPSA) is 19.6 Å². The van der Waals surface area contributed by atoms with Crippen molar-refractivity contribution in [2.24, 2.45) is 0 Å². The molecule has 0 aliphatic heterocycles. The molecule has 1 heterocycles. The highest BCUT2D eigenvalue weighted by molar-refractivity contribution is 6.25. The van der Waals surface area contributed by atoms with Gasteiger partial charge in [0.1, 0.15) is 11.2 Å². The Balaban J connectivity index is 0.794. The van der Waals surface area contributed by atoms with Crippen molar-refractivity contribution < 1.29 is 4.42 Å². The van der Waals surface area contributed by atoms with Crippen LogP contribution >= 0.6 is 0 Å². The second kappa shape index (κ2) is 18.6. The monoisotopic (exact) mass is 956 g/mol. The lowest BCUT2D eigenvalue weighted by molar-refractivity contribution is 0.669. The third-order valence-corrected chi connectivity index (χ3v) is 14.9. The first-order valence-electron chi connectivity index (χ1n) is 25.6. The summed E-state index contributed by atoms with van der Waals surface area (Å²) in [5.74, 6) is 0. The molecule has 13 aromatic carbocycles. The van der Waals surface area contributed by atoms with Crippen molar-refractivity contribution in [3.8, 4) is 44.5 Å². The summed E-state index contributed by atoms with van der Waals surface area (Å²) in [6.07, 6.45) is 0. The SMILES string of the molecule is c1ccc(N(c2ccccc2)c2ccc(-c3ccc(N(c4ccc(-c5ccc(-c6ccc7oc8ccccc8c7c6)cc5)cc4)c4ccc(-c5ccc6c7ccccc7c7ccccc7c6c5)cc4)cc3)cc2)cc1. The molecule has 75 heavy (non-hydrogen) atoms. The molecule has 0 spiro atoms. The highest BCUT2D eigenvalue weighted by atomic mass is 16.3. The first-order chi connectivity index (χ1) is 37.2. The molecule has 3 nitrogen and oxygen atoms in total. The molecular weight excluding hydrogens is 909 g/mol. The fraction of sp³-hybridized carbons (Fsp3) is 0. The van der Waals surface area contributed by atoms with Crippen LogP contribution in [0, 0.1) is 0 Å². The van der Waals surface area contributed by atoms with Crippen molar-refractivity contribution in [1.29, 1.82) is 0 Å². The zero-order valence-electron chi connectivity index (χ0n) is 41.0. The maximum absolute atomic E-state index is 6.11. The fourth-order valence-corrected chi connectivity index (χ4v) is 11.1. The van der Waals surface area contributed by atoms with Gasteiger partial charge >= 0.3 is 0 Å². The second-order valence-electron chi connectivity index (χ2n) is 19.3. The van der Waals surface area contributed by atoms with E-state index in [0.717, 1.165) is 72.8 Å². The van der Waals surface area contributed by atoms with Crippen molar-refractivity contribution in [2.45, 2.75) is 0 Å². The number of nitrogens with zero attached hydrogens (tertiary/aromatic N) is 2. The number of para-hydroxylation sites is 3. The van der Waals surface area contributed by atoms with Gasteiger partial charge < -0.3 is 14.2 Å². The van der Waals surface area contributed by atoms with Gasteiger partial charge in [-0.3, -0.25) is 0 Å². The minimum absolute atomic E-state index is 0.908. The lowest BCUT2D eigenvalue weighted by Gasteiger charge is -2.26. The van der Waals surface area contributed by atoms with Gasteiger partial charge in [-0.05, 0) is 174 Å². The van der Waals surface area contributed by atoms with E-state index in [-0.39, 0.29) is 0 Å². The maximum atomic E-state index is 6.11. The van der Waals surface area contributed by atoms with Crippen LogP contribution in [-0.2, 0) is 0 Å². The third kappa shape index (κ3) is 8.04. The summed E-state index contributed by atoms with van der Waals surface area (Å²) in [5.41, 5.74) is 17.7. The summed E-state index contributed by atoms with van der Waals surface area (Å²) in [6, 6.07) is 105. The summed E-state index contributed by atoms with van der Waals surface area (Å²) in [6.45, 7) is 0. The van der Waals surface area contributed by atoms with Crippen molar-refractivity contribution >= 4 is 88.4 Å². The zero-order valence-corrected chi connectivity index (χ0v) is 41.0. The van der Waals surface area contributed by atoms with E-state index < -0.39 is 0 Å². The van der Waals surface area contributed by atoms with Crippen LogP contribution < -0.4 is 9.80 Å². The number of benzene rings is 13. The van der Waals surface area contributed by atoms with Crippen molar-refractivity contribution in [3.63, 3.8) is 0 Å². The lowest BCUT2D eigenvalue weighted by Crippen LogP contribution is -2.10. The van der Waals surface area contributed by atoms with E-state index in [2.05, 4.69) is 289 Å². The van der Waals surface area contributed by atoms with E-state index in [1.807, 2.05) is 12.1 Å². The molecule has 0 aliphatic rings. The molecule has 0 unspecified atom stereocenters. The molecule has 0 amide bonds. The highest BCUT2D eigenvalue weighted by Crippen LogP contribution is 2.42. The van der Waals surface area contributed by atoms with Crippen LogP contribution in [0.2, 0.25) is 0 Å². The number of rotatable bonds is 10. The summed E-state index contributed by atoms with van der Waals surface area (Å²) in [4.78, 5) is 4.65. The van der Waals surface area contributed by atoms with Crippen molar-refractivity contribution in [1.82, 2.24) is 0 Å². The van der Waals surface area contributed by atoms with Crippen LogP contribution in [0.5, 0.6) is 0 Å². The molecule has 0 saturated heterocycles. The van der Waals surface area contributed by atoms with Gasteiger partial charge in [0.05, 0.1) is 0 Å². The molecule has 0 saturated carbocycles. The first-order valence-corrected chi connectivity index (χ1v) is 25.6. The van der Waals surface area contributed by atoms with Crippen LogP contribution in [0.15, 0.2) is 296 Å². The molecule has 0 aliphatic carbocycles. The Bertz CT molecular complexity index is 4280. The summed E-state index contributed by atoms with van der Waals surface area (Å²) >= 11 is 0. The van der Waals surface area contributed by atoms with Gasteiger partial charge in [0.25, 0.3) is 0 Å². The molecule has 14 aromatic rings. The minimum Gasteiger partial charge on any atom is -0.456 e. The Morgan fingerprint density at radius 2 is 0.440 bits per heavy atom. The predicted molar refractivity (Wildman–Crippen MR) is 317 cm³/mol. The van der Waals surface area contributed by atoms with Crippen LogP contribution in [0.1, 0.15) is 0 Å². The summed E-state index contributed by atoms with van der Waals surface area (Å²) in [5, 5.41) is 9.95. The van der Waals surface area contributed by atoms with Crippen molar-refractivity contribution in [3.05, 3.63) is 291 Å². The van der Waals surface area contributed by atoms with Crippen LogP contribution in [0.25, 0.3) is 98.8 Å². The predicted octanol–water partition coefficient (Wildman–Crippen LogP) is 20.7. The number of furan rings is 1.